The Morgan fingerprint density at radius 3 is 3.00 bits per heavy atom. The maximum absolute atomic E-state index is 12.4. The van der Waals surface area contributed by atoms with Gasteiger partial charge in [0.15, 0.2) is 5.69 Å². The van der Waals surface area contributed by atoms with Crippen molar-refractivity contribution in [2.24, 2.45) is 0 Å². The second-order valence-corrected chi connectivity index (χ2v) is 6.07. The van der Waals surface area contributed by atoms with Gasteiger partial charge in [-0.15, -0.1) is 0 Å². The lowest BCUT2D eigenvalue weighted by Crippen LogP contribution is -2.34. The van der Waals surface area contributed by atoms with E-state index in [1.165, 1.54) is 0 Å². The van der Waals surface area contributed by atoms with Gasteiger partial charge >= 0.3 is 0 Å². The Balaban J connectivity index is 1.54. The van der Waals surface area contributed by atoms with Gasteiger partial charge in [0, 0.05) is 26.3 Å². The highest BCUT2D eigenvalue weighted by atomic mass is 16.5. The van der Waals surface area contributed by atoms with Crippen LogP contribution in [0.3, 0.4) is 0 Å². The first-order valence-electron chi connectivity index (χ1n) is 8.34. The minimum absolute atomic E-state index is 0.126. The van der Waals surface area contributed by atoms with E-state index in [1.54, 1.807) is 31.2 Å². The molecule has 7 heteroatoms. The highest BCUT2D eigenvalue weighted by Gasteiger charge is 2.22. The largest absolute Gasteiger partial charge is 0.497 e. The van der Waals surface area contributed by atoms with Gasteiger partial charge in [-0.05, 0) is 31.0 Å². The van der Waals surface area contributed by atoms with Crippen molar-refractivity contribution in [1.29, 1.82) is 0 Å². The molecular formula is C18H23N3O4. The summed E-state index contributed by atoms with van der Waals surface area (Å²) in [6.45, 7) is 1.66. The number of rotatable bonds is 7. The zero-order valence-electron chi connectivity index (χ0n) is 14.5. The van der Waals surface area contributed by atoms with Crippen molar-refractivity contribution in [2.75, 3.05) is 27.3 Å². The van der Waals surface area contributed by atoms with Gasteiger partial charge in [-0.3, -0.25) is 9.89 Å². The summed E-state index contributed by atoms with van der Waals surface area (Å²) in [5.74, 6) is 1.30. The normalized spacial score (nSPS) is 16.6. The van der Waals surface area contributed by atoms with Crippen LogP contribution in [0.2, 0.25) is 0 Å². The number of aromatic amines is 1. The molecule has 1 amide bonds. The van der Waals surface area contributed by atoms with E-state index in [-0.39, 0.29) is 12.0 Å². The van der Waals surface area contributed by atoms with E-state index in [2.05, 4.69) is 10.2 Å². The lowest BCUT2D eigenvalue weighted by atomic mass is 10.2. The number of carbonyl (C=O) groups excluding carboxylic acids is 1. The molecule has 0 aliphatic carbocycles. The van der Waals surface area contributed by atoms with Crippen molar-refractivity contribution >= 4 is 5.91 Å². The molecule has 0 bridgehead atoms. The predicted octanol–water partition coefficient (Wildman–Crippen LogP) is 2.25. The van der Waals surface area contributed by atoms with Gasteiger partial charge in [-0.25, -0.2) is 0 Å². The molecule has 0 radical (unpaired) electrons. The first-order chi connectivity index (χ1) is 12.2. The number of amides is 1. The zero-order valence-corrected chi connectivity index (χ0v) is 14.5. The van der Waals surface area contributed by atoms with Crippen LogP contribution in [0, 0.1) is 0 Å². The van der Waals surface area contributed by atoms with Crippen molar-refractivity contribution in [2.45, 2.75) is 25.6 Å². The molecule has 1 fully saturated rings. The Hall–Kier alpha value is -2.54. The van der Waals surface area contributed by atoms with Gasteiger partial charge in [0.05, 0.1) is 18.9 Å². The quantitative estimate of drug-likeness (QED) is 0.833. The number of hydrogen-bond donors (Lipinski definition) is 1. The fraction of sp³-hybridized carbons (Fsp3) is 0.444. The molecule has 1 aliphatic rings. The zero-order chi connectivity index (χ0) is 17.6. The molecule has 1 aromatic carbocycles. The number of nitrogens with zero attached hydrogens (tertiary/aromatic N) is 2. The van der Waals surface area contributed by atoms with Crippen LogP contribution in [0.15, 0.2) is 30.3 Å². The van der Waals surface area contributed by atoms with Crippen LogP contribution >= 0.6 is 0 Å². The molecule has 2 heterocycles. The molecule has 1 aliphatic heterocycles. The third-order valence-electron chi connectivity index (χ3n) is 4.13. The number of methoxy groups -OCH3 is 1. The van der Waals surface area contributed by atoms with Gasteiger partial charge in [-0.2, -0.15) is 5.10 Å². The molecule has 134 valence electrons. The second-order valence-electron chi connectivity index (χ2n) is 6.07. The number of H-pyrrole nitrogens is 1. The summed E-state index contributed by atoms with van der Waals surface area (Å²) >= 11 is 0. The van der Waals surface area contributed by atoms with E-state index in [0.717, 1.165) is 30.9 Å². The van der Waals surface area contributed by atoms with E-state index >= 15 is 0 Å². The molecule has 3 rings (SSSR count). The molecule has 1 saturated heterocycles. The molecule has 1 N–H and O–H groups in total. The molecule has 1 unspecified atom stereocenters. The van der Waals surface area contributed by atoms with Gasteiger partial charge in [0.2, 0.25) is 0 Å². The summed E-state index contributed by atoms with van der Waals surface area (Å²) in [4.78, 5) is 14.1. The number of nitrogens with one attached hydrogen (secondary N) is 1. The van der Waals surface area contributed by atoms with E-state index in [0.29, 0.717) is 24.6 Å². The molecule has 1 atom stereocenters. The van der Waals surface area contributed by atoms with E-state index in [4.69, 9.17) is 14.2 Å². The molecule has 0 spiro atoms. The molecule has 7 nitrogen and oxygen atoms in total. The van der Waals surface area contributed by atoms with Crippen molar-refractivity contribution in [3.63, 3.8) is 0 Å². The standard InChI is InChI=1S/C18H23N3O4/c1-21(11-16-7-4-8-24-16)18(22)17-9-13(19-20-17)12-25-15-6-3-5-14(10-15)23-2/h3,5-6,9-10,16H,4,7-8,11-12H2,1-2H3,(H,19,20). The van der Waals surface area contributed by atoms with Crippen LogP contribution in [0.4, 0.5) is 0 Å². The monoisotopic (exact) mass is 345 g/mol. The smallest absolute Gasteiger partial charge is 0.274 e. The Kier molecular flexibility index (Phi) is 5.55. The van der Waals surface area contributed by atoms with Gasteiger partial charge < -0.3 is 19.1 Å². The number of aromatic nitrogens is 2. The number of likely N-dealkylation sites (N-methyl/N-ethyl adjacent to an activating group) is 1. The summed E-state index contributed by atoms with van der Waals surface area (Å²) in [5, 5.41) is 6.95. The van der Waals surface area contributed by atoms with Crippen LogP contribution in [0.5, 0.6) is 11.5 Å². The summed E-state index contributed by atoms with van der Waals surface area (Å²) < 4.78 is 16.4. The second kappa shape index (κ2) is 8.02. The number of ether oxygens (including phenoxy) is 3. The van der Waals surface area contributed by atoms with Crippen LogP contribution < -0.4 is 9.47 Å². The maximum atomic E-state index is 12.4. The number of carbonyl (C=O) groups is 1. The average molecular weight is 345 g/mol. The number of benzene rings is 1. The lowest BCUT2D eigenvalue weighted by molar-refractivity contribution is 0.0582. The average Bonchev–Trinajstić information content (AvgIpc) is 3.31. The highest BCUT2D eigenvalue weighted by molar-refractivity contribution is 5.92. The molecular weight excluding hydrogens is 322 g/mol. The first kappa shape index (κ1) is 17.3. The topological polar surface area (TPSA) is 76.7 Å². The van der Waals surface area contributed by atoms with Crippen molar-refractivity contribution in [1.82, 2.24) is 15.1 Å². The van der Waals surface area contributed by atoms with Gasteiger partial charge in [0.25, 0.3) is 5.91 Å². The number of hydrogen-bond acceptors (Lipinski definition) is 5. The maximum Gasteiger partial charge on any atom is 0.274 e. The predicted molar refractivity (Wildman–Crippen MR) is 91.8 cm³/mol. The van der Waals surface area contributed by atoms with E-state index in [9.17, 15) is 4.79 Å². The van der Waals surface area contributed by atoms with Crippen LogP contribution in [-0.4, -0.2) is 54.4 Å². The minimum atomic E-state index is -0.126. The third kappa shape index (κ3) is 4.51. The Morgan fingerprint density at radius 1 is 1.40 bits per heavy atom. The fourth-order valence-electron chi connectivity index (χ4n) is 2.77. The molecule has 1 aromatic heterocycles. The SMILES string of the molecule is COc1cccc(OCc2cc(C(=O)N(C)CC3CCCO3)n[nH]2)c1. The fourth-order valence-corrected chi connectivity index (χ4v) is 2.77. The van der Waals surface area contributed by atoms with Crippen molar-refractivity contribution in [3.05, 3.63) is 41.7 Å². The summed E-state index contributed by atoms with van der Waals surface area (Å²) in [5.41, 5.74) is 1.11. The Labute approximate surface area is 146 Å². The highest BCUT2D eigenvalue weighted by Crippen LogP contribution is 2.20. The Bertz CT molecular complexity index is 710. The third-order valence-corrected chi connectivity index (χ3v) is 4.13. The lowest BCUT2D eigenvalue weighted by Gasteiger charge is -2.19. The van der Waals surface area contributed by atoms with Gasteiger partial charge in [0.1, 0.15) is 18.1 Å². The van der Waals surface area contributed by atoms with Gasteiger partial charge in [-0.1, -0.05) is 6.07 Å². The Morgan fingerprint density at radius 2 is 2.24 bits per heavy atom. The molecule has 25 heavy (non-hydrogen) atoms. The van der Waals surface area contributed by atoms with Crippen molar-refractivity contribution < 1.29 is 19.0 Å². The van der Waals surface area contributed by atoms with Crippen LogP contribution in [0.25, 0.3) is 0 Å². The molecule has 2 aromatic rings. The van der Waals surface area contributed by atoms with Crippen molar-refractivity contribution in [3.8, 4) is 11.5 Å². The van der Waals surface area contributed by atoms with Crippen LogP contribution in [0.1, 0.15) is 29.0 Å². The van der Waals surface area contributed by atoms with Crippen LogP contribution in [-0.2, 0) is 11.3 Å². The first-order valence-corrected chi connectivity index (χ1v) is 8.34. The summed E-state index contributed by atoms with van der Waals surface area (Å²) in [6.07, 6.45) is 2.18. The van der Waals surface area contributed by atoms with E-state index in [1.807, 2.05) is 18.2 Å². The minimum Gasteiger partial charge on any atom is -0.497 e. The van der Waals surface area contributed by atoms with E-state index < -0.39 is 0 Å². The summed E-state index contributed by atoms with van der Waals surface area (Å²) in [6, 6.07) is 9.08. The molecule has 0 saturated carbocycles. The summed E-state index contributed by atoms with van der Waals surface area (Å²) in [7, 11) is 3.38.